The molecule has 0 amide bonds. The van der Waals surface area contributed by atoms with Gasteiger partial charge in [0.15, 0.2) is 0 Å². The molecule has 0 aliphatic carbocycles. The Kier molecular flexibility index (Phi) is 5.46. The number of likely N-dealkylation sites (tertiary alicyclic amines) is 1. The molecule has 0 saturated carbocycles. The van der Waals surface area contributed by atoms with Gasteiger partial charge in [0.2, 0.25) is 0 Å². The number of hydrogen-bond donors (Lipinski definition) is 1. The van der Waals surface area contributed by atoms with E-state index in [4.69, 9.17) is 16.3 Å². The van der Waals surface area contributed by atoms with E-state index in [9.17, 15) is 5.11 Å². The second-order valence-corrected chi connectivity index (χ2v) is 5.65. The van der Waals surface area contributed by atoms with E-state index in [2.05, 4.69) is 11.5 Å². The average molecular weight is 296 g/mol. The Hall–Kier alpha value is -1.03. The van der Waals surface area contributed by atoms with E-state index in [0.29, 0.717) is 10.8 Å². The Bertz CT molecular complexity index is 464. The zero-order valence-corrected chi connectivity index (χ0v) is 12.6. The van der Waals surface area contributed by atoms with Crippen LogP contribution in [0.2, 0.25) is 5.02 Å². The van der Waals surface area contributed by atoms with E-state index >= 15 is 0 Å². The first-order valence-corrected chi connectivity index (χ1v) is 7.41. The molecule has 110 valence electrons. The lowest BCUT2D eigenvalue weighted by atomic mass is 9.93. The second-order valence-electron chi connectivity index (χ2n) is 5.22. The van der Waals surface area contributed by atoms with Gasteiger partial charge in [-0.05, 0) is 43.1 Å². The van der Waals surface area contributed by atoms with E-state index in [1.54, 1.807) is 13.2 Å². The molecule has 1 aromatic carbocycles. The number of aliphatic hydroxyl groups excluding tert-OH is 1. The smallest absolute Gasteiger partial charge is 0.120 e. The van der Waals surface area contributed by atoms with Gasteiger partial charge in [-0.15, -0.1) is 6.58 Å². The molecule has 2 rings (SSSR count). The first-order chi connectivity index (χ1) is 9.65. The first kappa shape index (κ1) is 15.4. The number of halogens is 1. The third kappa shape index (κ3) is 3.54. The van der Waals surface area contributed by atoms with Crippen molar-refractivity contribution in [3.8, 4) is 5.75 Å². The van der Waals surface area contributed by atoms with Crippen molar-refractivity contribution in [2.45, 2.75) is 31.4 Å². The van der Waals surface area contributed by atoms with Crippen LogP contribution in [0.1, 0.15) is 30.9 Å². The predicted molar refractivity (Wildman–Crippen MR) is 82.4 cm³/mol. The highest BCUT2D eigenvalue weighted by Crippen LogP contribution is 2.32. The van der Waals surface area contributed by atoms with E-state index in [-0.39, 0.29) is 6.04 Å². The van der Waals surface area contributed by atoms with Crippen LogP contribution in [0.5, 0.6) is 5.75 Å². The molecular weight excluding hydrogens is 274 g/mol. The fourth-order valence-electron chi connectivity index (χ4n) is 2.86. The molecule has 1 N–H and O–H groups in total. The van der Waals surface area contributed by atoms with Gasteiger partial charge in [-0.3, -0.25) is 4.90 Å². The van der Waals surface area contributed by atoms with Crippen LogP contribution in [0, 0.1) is 0 Å². The minimum absolute atomic E-state index is 0.116. The number of piperidine rings is 1. The fraction of sp³-hybridized carbons (Fsp3) is 0.500. The fourth-order valence-corrected chi connectivity index (χ4v) is 3.10. The molecule has 0 aromatic heterocycles. The summed E-state index contributed by atoms with van der Waals surface area (Å²) < 4.78 is 5.22. The Balaban J connectivity index is 2.21. The van der Waals surface area contributed by atoms with Gasteiger partial charge in [-0.2, -0.15) is 0 Å². The third-order valence-corrected chi connectivity index (χ3v) is 4.08. The van der Waals surface area contributed by atoms with Gasteiger partial charge < -0.3 is 9.84 Å². The summed E-state index contributed by atoms with van der Waals surface area (Å²) in [6.07, 6.45) is 4.65. The van der Waals surface area contributed by atoms with Crippen molar-refractivity contribution in [3.63, 3.8) is 0 Å². The van der Waals surface area contributed by atoms with Crippen LogP contribution in [0.25, 0.3) is 0 Å². The molecule has 1 unspecified atom stereocenters. The van der Waals surface area contributed by atoms with Gasteiger partial charge in [0.1, 0.15) is 5.75 Å². The van der Waals surface area contributed by atoms with Crippen LogP contribution in [0.15, 0.2) is 30.9 Å². The second kappa shape index (κ2) is 7.11. The van der Waals surface area contributed by atoms with Gasteiger partial charge in [-0.25, -0.2) is 0 Å². The van der Waals surface area contributed by atoms with Crippen molar-refractivity contribution in [2.75, 3.05) is 20.2 Å². The molecule has 2 atom stereocenters. The number of aliphatic hydroxyl groups is 1. The van der Waals surface area contributed by atoms with Crippen LogP contribution in [-0.2, 0) is 0 Å². The van der Waals surface area contributed by atoms with E-state index in [1.165, 1.54) is 6.42 Å². The molecule has 1 saturated heterocycles. The summed E-state index contributed by atoms with van der Waals surface area (Å²) in [6.45, 7) is 5.61. The maximum Gasteiger partial charge on any atom is 0.120 e. The lowest BCUT2D eigenvalue weighted by molar-refractivity contribution is 0.0316. The Morgan fingerprint density at radius 3 is 3.00 bits per heavy atom. The lowest BCUT2D eigenvalue weighted by Gasteiger charge is -2.38. The molecule has 20 heavy (non-hydrogen) atoms. The molecule has 1 aliphatic rings. The van der Waals surface area contributed by atoms with Crippen LogP contribution >= 0.6 is 11.6 Å². The van der Waals surface area contributed by atoms with Crippen molar-refractivity contribution in [3.05, 3.63) is 41.4 Å². The number of methoxy groups -OCH3 is 1. The zero-order chi connectivity index (χ0) is 14.5. The molecule has 1 aromatic rings. The summed E-state index contributed by atoms with van der Waals surface area (Å²) in [5.74, 6) is 0.678. The minimum Gasteiger partial charge on any atom is -0.497 e. The summed E-state index contributed by atoms with van der Waals surface area (Å²) in [7, 11) is 1.60. The number of ether oxygens (including phenoxy) is 1. The molecule has 1 heterocycles. The first-order valence-electron chi connectivity index (χ1n) is 7.03. The van der Waals surface area contributed by atoms with Gasteiger partial charge >= 0.3 is 0 Å². The largest absolute Gasteiger partial charge is 0.497 e. The Labute approximate surface area is 125 Å². The highest BCUT2D eigenvalue weighted by molar-refractivity contribution is 6.30. The van der Waals surface area contributed by atoms with Crippen molar-refractivity contribution in [2.24, 2.45) is 0 Å². The van der Waals surface area contributed by atoms with Crippen LogP contribution in [0.4, 0.5) is 0 Å². The monoisotopic (exact) mass is 295 g/mol. The van der Waals surface area contributed by atoms with Gasteiger partial charge in [0, 0.05) is 17.6 Å². The summed E-state index contributed by atoms with van der Waals surface area (Å²) >= 11 is 6.09. The standard InChI is InChI=1S/C16H22ClNO2/c1-3-7-18-8-5-4-6-15(18)16(19)12-9-13(17)11-14(10-12)20-2/h3,9-11,15-16,19H,1,4-8H2,2H3/t15-,16?/m0/s1. The molecule has 1 aliphatic heterocycles. The lowest BCUT2D eigenvalue weighted by Crippen LogP contribution is -2.43. The number of benzene rings is 1. The summed E-state index contributed by atoms with van der Waals surface area (Å²) in [5, 5.41) is 11.3. The molecule has 0 bridgehead atoms. The van der Waals surface area contributed by atoms with E-state index in [0.717, 1.165) is 31.5 Å². The molecule has 3 nitrogen and oxygen atoms in total. The Morgan fingerprint density at radius 2 is 2.30 bits per heavy atom. The van der Waals surface area contributed by atoms with Crippen molar-refractivity contribution in [1.29, 1.82) is 0 Å². The predicted octanol–water partition coefficient (Wildman–Crippen LogP) is 3.42. The van der Waals surface area contributed by atoms with Crippen LogP contribution < -0.4 is 4.74 Å². The number of nitrogens with zero attached hydrogens (tertiary/aromatic N) is 1. The van der Waals surface area contributed by atoms with E-state index in [1.807, 2.05) is 18.2 Å². The summed E-state index contributed by atoms with van der Waals surface area (Å²) in [6, 6.07) is 5.54. The molecule has 1 fully saturated rings. The van der Waals surface area contributed by atoms with Crippen molar-refractivity contribution < 1.29 is 9.84 Å². The van der Waals surface area contributed by atoms with Gasteiger partial charge in [0.25, 0.3) is 0 Å². The zero-order valence-electron chi connectivity index (χ0n) is 11.9. The maximum atomic E-state index is 10.7. The molecule has 0 spiro atoms. The van der Waals surface area contributed by atoms with Crippen LogP contribution in [0.3, 0.4) is 0 Å². The number of rotatable bonds is 5. The molecule has 4 heteroatoms. The van der Waals surface area contributed by atoms with Crippen LogP contribution in [-0.4, -0.2) is 36.2 Å². The van der Waals surface area contributed by atoms with Crippen molar-refractivity contribution in [1.82, 2.24) is 4.90 Å². The van der Waals surface area contributed by atoms with Gasteiger partial charge in [0.05, 0.1) is 13.2 Å². The van der Waals surface area contributed by atoms with Gasteiger partial charge in [-0.1, -0.05) is 24.1 Å². The third-order valence-electron chi connectivity index (χ3n) is 3.86. The highest BCUT2D eigenvalue weighted by Gasteiger charge is 2.29. The molecular formula is C16H22ClNO2. The van der Waals surface area contributed by atoms with E-state index < -0.39 is 6.10 Å². The average Bonchev–Trinajstić information content (AvgIpc) is 2.46. The normalized spacial score (nSPS) is 21.4. The number of hydrogen-bond acceptors (Lipinski definition) is 3. The summed E-state index contributed by atoms with van der Waals surface area (Å²) in [5.41, 5.74) is 0.815. The quantitative estimate of drug-likeness (QED) is 0.845. The molecule has 0 radical (unpaired) electrons. The maximum absolute atomic E-state index is 10.7. The minimum atomic E-state index is -0.553. The van der Waals surface area contributed by atoms with Crippen molar-refractivity contribution >= 4 is 11.6 Å². The highest BCUT2D eigenvalue weighted by atomic mass is 35.5. The topological polar surface area (TPSA) is 32.7 Å². The summed E-state index contributed by atoms with van der Waals surface area (Å²) in [4.78, 5) is 2.29. The SMILES string of the molecule is C=CCN1CCCC[C@H]1C(O)c1cc(Cl)cc(OC)c1. The Morgan fingerprint density at radius 1 is 1.50 bits per heavy atom.